The average molecular weight is 280 g/mol. The average Bonchev–Trinajstić information content (AvgIpc) is 2.75. The maximum Gasteiger partial charge on any atom is 0.389 e. The Hall–Kier alpha value is -1.08. The summed E-state index contributed by atoms with van der Waals surface area (Å²) in [6, 6.07) is 1.74. The molecule has 1 aromatic heterocycles. The van der Waals surface area contributed by atoms with Gasteiger partial charge in [-0.3, -0.25) is 0 Å². The molecule has 0 aliphatic carbocycles. The lowest BCUT2D eigenvalue weighted by molar-refractivity contribution is -0.138. The highest BCUT2D eigenvalue weighted by atomic mass is 19.4. The number of rotatable bonds is 9. The maximum absolute atomic E-state index is 11.9. The minimum absolute atomic E-state index is 0.0391. The van der Waals surface area contributed by atoms with E-state index in [4.69, 9.17) is 9.26 Å². The molecule has 0 atom stereocenters. The quantitative estimate of drug-likeness (QED) is 0.706. The summed E-state index contributed by atoms with van der Waals surface area (Å²) in [5, 5.41) is 7.00. The number of hydrogen-bond acceptors (Lipinski definition) is 4. The van der Waals surface area contributed by atoms with Crippen molar-refractivity contribution >= 4 is 0 Å². The summed E-state index contributed by atoms with van der Waals surface area (Å²) in [6.07, 6.45) is -3.95. The van der Waals surface area contributed by atoms with Crippen LogP contribution in [0.3, 0.4) is 0 Å². The second-order valence-corrected chi connectivity index (χ2v) is 4.23. The van der Waals surface area contributed by atoms with Gasteiger partial charge < -0.3 is 14.6 Å². The van der Waals surface area contributed by atoms with Crippen LogP contribution in [0.2, 0.25) is 0 Å². The third kappa shape index (κ3) is 7.84. The second kappa shape index (κ2) is 8.16. The molecule has 0 aromatic carbocycles. The Morgan fingerprint density at radius 2 is 2.21 bits per heavy atom. The molecule has 1 aromatic rings. The Labute approximate surface area is 110 Å². The van der Waals surface area contributed by atoms with Crippen LogP contribution in [0, 0.1) is 0 Å². The summed E-state index contributed by atoms with van der Waals surface area (Å²) in [6.45, 7) is 3.79. The van der Waals surface area contributed by atoms with Gasteiger partial charge in [-0.15, -0.1) is 0 Å². The van der Waals surface area contributed by atoms with Crippen LogP contribution in [0.5, 0.6) is 0 Å². The molecule has 0 saturated heterocycles. The summed E-state index contributed by atoms with van der Waals surface area (Å²) in [5.74, 6) is 0.528. The number of hydrogen-bond donors (Lipinski definition) is 1. The molecule has 0 unspecified atom stereocenters. The highest BCUT2D eigenvalue weighted by Crippen LogP contribution is 2.21. The monoisotopic (exact) mass is 280 g/mol. The summed E-state index contributed by atoms with van der Waals surface area (Å²) in [4.78, 5) is 0. The van der Waals surface area contributed by atoms with E-state index >= 15 is 0 Å². The highest BCUT2D eigenvalue weighted by Gasteiger charge is 2.25. The molecule has 110 valence electrons. The van der Waals surface area contributed by atoms with Crippen LogP contribution >= 0.6 is 0 Å². The Morgan fingerprint density at radius 3 is 2.89 bits per heavy atom. The summed E-state index contributed by atoms with van der Waals surface area (Å²) in [7, 11) is 0. The van der Waals surface area contributed by atoms with E-state index in [9.17, 15) is 13.2 Å². The third-order valence-corrected chi connectivity index (χ3v) is 2.33. The van der Waals surface area contributed by atoms with Crippen molar-refractivity contribution in [2.75, 3.05) is 13.2 Å². The Balaban J connectivity index is 2.12. The topological polar surface area (TPSA) is 47.3 Å². The van der Waals surface area contributed by atoms with E-state index in [1.807, 2.05) is 0 Å². The van der Waals surface area contributed by atoms with E-state index in [1.165, 1.54) is 0 Å². The van der Waals surface area contributed by atoms with Gasteiger partial charge in [-0.25, -0.2) is 0 Å². The molecule has 0 aliphatic rings. The predicted molar refractivity (Wildman–Crippen MR) is 63.4 cm³/mol. The van der Waals surface area contributed by atoms with Crippen molar-refractivity contribution in [3.8, 4) is 0 Å². The van der Waals surface area contributed by atoms with Gasteiger partial charge >= 0.3 is 6.18 Å². The molecule has 0 spiro atoms. The normalized spacial score (nSPS) is 12.0. The molecular weight excluding hydrogens is 261 g/mol. The minimum Gasteiger partial charge on any atom is -0.373 e. The standard InChI is InChI=1S/C12H19F3N2O2/c1-2-5-16-8-10-7-11(19-17-10)9-18-6-3-4-12(13,14)15/h7,16H,2-6,8-9H2,1H3. The number of nitrogens with one attached hydrogen (secondary N) is 1. The van der Waals surface area contributed by atoms with E-state index in [0.717, 1.165) is 18.7 Å². The van der Waals surface area contributed by atoms with Gasteiger partial charge in [0.15, 0.2) is 5.76 Å². The zero-order chi connectivity index (χ0) is 14.1. The molecular formula is C12H19F3N2O2. The first-order valence-corrected chi connectivity index (χ1v) is 6.31. The van der Waals surface area contributed by atoms with Crippen molar-refractivity contribution in [1.82, 2.24) is 10.5 Å². The maximum atomic E-state index is 11.9. The van der Waals surface area contributed by atoms with Crippen molar-refractivity contribution in [1.29, 1.82) is 0 Å². The van der Waals surface area contributed by atoms with Gasteiger partial charge in [0.25, 0.3) is 0 Å². The highest BCUT2D eigenvalue weighted by molar-refractivity contribution is 5.04. The van der Waals surface area contributed by atoms with Crippen LogP contribution in [-0.2, 0) is 17.9 Å². The van der Waals surface area contributed by atoms with E-state index in [-0.39, 0.29) is 19.6 Å². The third-order valence-electron chi connectivity index (χ3n) is 2.33. The molecule has 1 heterocycles. The van der Waals surface area contributed by atoms with Crippen molar-refractivity contribution in [2.24, 2.45) is 0 Å². The second-order valence-electron chi connectivity index (χ2n) is 4.23. The van der Waals surface area contributed by atoms with Gasteiger partial charge in [0.1, 0.15) is 6.61 Å². The van der Waals surface area contributed by atoms with Gasteiger partial charge in [-0.1, -0.05) is 12.1 Å². The molecule has 0 saturated carbocycles. The van der Waals surface area contributed by atoms with Gasteiger partial charge in [0.05, 0.1) is 5.69 Å². The number of ether oxygens (including phenoxy) is 1. The fraction of sp³-hybridized carbons (Fsp3) is 0.750. The molecule has 7 heteroatoms. The molecule has 0 radical (unpaired) electrons. The van der Waals surface area contributed by atoms with Crippen LogP contribution in [0.25, 0.3) is 0 Å². The zero-order valence-corrected chi connectivity index (χ0v) is 10.9. The van der Waals surface area contributed by atoms with Crippen LogP contribution < -0.4 is 5.32 Å². The molecule has 1 N–H and O–H groups in total. The van der Waals surface area contributed by atoms with Crippen LogP contribution in [-0.4, -0.2) is 24.5 Å². The molecule has 0 bridgehead atoms. The lowest BCUT2D eigenvalue weighted by Gasteiger charge is -2.05. The zero-order valence-electron chi connectivity index (χ0n) is 10.9. The SMILES string of the molecule is CCCNCc1cc(COCCCC(F)(F)F)on1. The van der Waals surface area contributed by atoms with E-state index in [1.54, 1.807) is 6.07 Å². The number of nitrogens with zero attached hydrogens (tertiary/aromatic N) is 1. The molecule has 1 rings (SSSR count). The van der Waals surface area contributed by atoms with Crippen LogP contribution in [0.4, 0.5) is 13.2 Å². The molecule has 19 heavy (non-hydrogen) atoms. The molecule has 4 nitrogen and oxygen atoms in total. The molecule has 0 amide bonds. The van der Waals surface area contributed by atoms with Crippen molar-refractivity contribution < 1.29 is 22.4 Å². The van der Waals surface area contributed by atoms with Gasteiger partial charge in [-0.05, 0) is 19.4 Å². The molecule has 0 aliphatic heterocycles. The summed E-state index contributed by atoms with van der Waals surface area (Å²) >= 11 is 0. The Kier molecular flexibility index (Phi) is 6.86. The van der Waals surface area contributed by atoms with E-state index < -0.39 is 12.6 Å². The number of halogens is 3. The van der Waals surface area contributed by atoms with Crippen LogP contribution in [0.1, 0.15) is 37.6 Å². The first-order chi connectivity index (χ1) is 9.01. The minimum atomic E-state index is -4.12. The predicted octanol–water partition coefficient (Wildman–Crippen LogP) is 3.03. The fourth-order valence-corrected chi connectivity index (χ4v) is 1.45. The van der Waals surface area contributed by atoms with Gasteiger partial charge in [-0.2, -0.15) is 13.2 Å². The van der Waals surface area contributed by atoms with Crippen molar-refractivity contribution in [2.45, 2.75) is 45.5 Å². The fourth-order valence-electron chi connectivity index (χ4n) is 1.45. The number of aromatic nitrogens is 1. The first-order valence-electron chi connectivity index (χ1n) is 6.31. The summed E-state index contributed by atoms with van der Waals surface area (Å²) < 4.78 is 45.7. The van der Waals surface area contributed by atoms with Crippen LogP contribution in [0.15, 0.2) is 10.6 Å². The smallest absolute Gasteiger partial charge is 0.373 e. The van der Waals surface area contributed by atoms with Crippen molar-refractivity contribution in [3.63, 3.8) is 0 Å². The Morgan fingerprint density at radius 1 is 1.42 bits per heavy atom. The molecule has 0 fully saturated rings. The lowest BCUT2D eigenvalue weighted by Crippen LogP contribution is -2.13. The Bertz CT molecular complexity index is 353. The number of alkyl halides is 3. The first kappa shape index (κ1) is 16.0. The van der Waals surface area contributed by atoms with E-state index in [2.05, 4.69) is 17.4 Å². The van der Waals surface area contributed by atoms with Crippen molar-refractivity contribution in [3.05, 3.63) is 17.5 Å². The largest absolute Gasteiger partial charge is 0.389 e. The van der Waals surface area contributed by atoms with Gasteiger partial charge in [0, 0.05) is 25.6 Å². The summed E-state index contributed by atoms with van der Waals surface area (Å²) in [5.41, 5.74) is 0.766. The lowest BCUT2D eigenvalue weighted by atomic mass is 10.3. The van der Waals surface area contributed by atoms with Gasteiger partial charge in [0.2, 0.25) is 0 Å². The van der Waals surface area contributed by atoms with E-state index in [0.29, 0.717) is 12.3 Å².